The van der Waals surface area contributed by atoms with Crippen LogP contribution in [0.25, 0.3) is 10.4 Å². The van der Waals surface area contributed by atoms with E-state index in [1.165, 1.54) is 0 Å². The molecule has 0 atom stereocenters. The van der Waals surface area contributed by atoms with Gasteiger partial charge < -0.3 is 4.90 Å². The Bertz CT molecular complexity index is 583. The zero-order chi connectivity index (χ0) is 14.9. The van der Waals surface area contributed by atoms with Crippen molar-refractivity contribution in [2.75, 3.05) is 6.54 Å². The maximum atomic E-state index is 12.1. The minimum atomic E-state index is -0.260. The van der Waals surface area contributed by atoms with Crippen LogP contribution in [0.15, 0.2) is 53.9 Å². The van der Waals surface area contributed by atoms with E-state index in [-0.39, 0.29) is 12.5 Å². The molecule has 0 aliphatic rings. The summed E-state index contributed by atoms with van der Waals surface area (Å²) in [6, 6.07) is 11.0. The molecule has 0 aliphatic carbocycles. The molecule has 106 valence electrons. The van der Waals surface area contributed by atoms with Gasteiger partial charge in [-0.15, -0.1) is 0 Å². The Balaban J connectivity index is 2.13. The molecule has 0 radical (unpaired) electrons. The van der Waals surface area contributed by atoms with E-state index in [1.807, 2.05) is 36.4 Å². The fourth-order valence-corrected chi connectivity index (χ4v) is 1.80. The molecule has 0 aromatic carbocycles. The van der Waals surface area contributed by atoms with Crippen molar-refractivity contribution < 1.29 is 4.79 Å². The first-order valence-corrected chi connectivity index (χ1v) is 6.38. The zero-order valence-electron chi connectivity index (χ0n) is 11.3. The van der Waals surface area contributed by atoms with Crippen LogP contribution in [-0.2, 0) is 17.9 Å². The van der Waals surface area contributed by atoms with E-state index >= 15 is 0 Å². The number of carbonyl (C=O) groups excluding carboxylic acids is 1. The van der Waals surface area contributed by atoms with Gasteiger partial charge in [0.1, 0.15) is 6.54 Å². The lowest BCUT2D eigenvalue weighted by atomic mass is 10.3. The summed E-state index contributed by atoms with van der Waals surface area (Å²) in [4.78, 5) is 24.7. The summed E-state index contributed by atoms with van der Waals surface area (Å²) in [6.07, 6.45) is 3.35. The van der Waals surface area contributed by atoms with E-state index in [0.29, 0.717) is 13.1 Å². The van der Waals surface area contributed by atoms with Gasteiger partial charge >= 0.3 is 0 Å². The Morgan fingerprint density at radius 3 is 2.10 bits per heavy atom. The molecule has 2 heterocycles. The normalized spacial score (nSPS) is 9.71. The molecule has 2 aromatic heterocycles. The van der Waals surface area contributed by atoms with Gasteiger partial charge in [-0.25, -0.2) is 0 Å². The van der Waals surface area contributed by atoms with Crippen LogP contribution in [0.5, 0.6) is 0 Å². The number of amides is 1. The second-order valence-electron chi connectivity index (χ2n) is 4.28. The second-order valence-corrected chi connectivity index (χ2v) is 4.28. The SMILES string of the molecule is [N-]=[N+]=NCC(=O)N(Cc1ccccn1)Cc1ccccn1. The summed E-state index contributed by atoms with van der Waals surface area (Å²) in [5.41, 5.74) is 9.87. The Kier molecular flexibility index (Phi) is 5.25. The number of azide groups is 1. The third-order valence-electron chi connectivity index (χ3n) is 2.78. The largest absolute Gasteiger partial charge is 0.331 e. The van der Waals surface area contributed by atoms with Crippen molar-refractivity contribution in [3.8, 4) is 0 Å². The summed E-state index contributed by atoms with van der Waals surface area (Å²) < 4.78 is 0. The Morgan fingerprint density at radius 1 is 1.10 bits per heavy atom. The predicted molar refractivity (Wildman–Crippen MR) is 76.7 cm³/mol. The molecule has 2 rings (SSSR count). The Hall–Kier alpha value is -2.92. The van der Waals surface area contributed by atoms with Crippen LogP contribution in [-0.4, -0.2) is 27.3 Å². The molecule has 21 heavy (non-hydrogen) atoms. The van der Waals surface area contributed by atoms with Gasteiger partial charge in [0.2, 0.25) is 5.91 Å². The highest BCUT2D eigenvalue weighted by atomic mass is 16.2. The maximum Gasteiger partial charge on any atom is 0.229 e. The molecule has 0 bridgehead atoms. The molecule has 0 spiro atoms. The summed E-state index contributed by atoms with van der Waals surface area (Å²) >= 11 is 0. The van der Waals surface area contributed by atoms with Gasteiger partial charge in [-0.05, 0) is 29.8 Å². The molecule has 1 amide bonds. The van der Waals surface area contributed by atoms with E-state index in [4.69, 9.17) is 5.53 Å². The molecular formula is C14H14N6O. The van der Waals surface area contributed by atoms with Gasteiger partial charge in [0.15, 0.2) is 0 Å². The van der Waals surface area contributed by atoms with Gasteiger partial charge in [-0.2, -0.15) is 0 Å². The smallest absolute Gasteiger partial charge is 0.229 e. The van der Waals surface area contributed by atoms with Crippen molar-refractivity contribution in [1.29, 1.82) is 0 Å². The van der Waals surface area contributed by atoms with Crippen LogP contribution in [0.4, 0.5) is 0 Å². The van der Waals surface area contributed by atoms with Crippen LogP contribution < -0.4 is 0 Å². The fraction of sp³-hybridized carbons (Fsp3) is 0.214. The summed E-state index contributed by atoms with van der Waals surface area (Å²) in [7, 11) is 0. The monoisotopic (exact) mass is 282 g/mol. The standard InChI is InChI=1S/C14H14N6O/c15-19-18-9-14(21)20(10-12-5-1-3-7-16-12)11-13-6-2-4-8-17-13/h1-8H,9-11H2. The highest BCUT2D eigenvalue weighted by Crippen LogP contribution is 2.07. The van der Waals surface area contributed by atoms with Crippen molar-refractivity contribution >= 4 is 5.91 Å². The van der Waals surface area contributed by atoms with E-state index in [2.05, 4.69) is 20.0 Å². The molecule has 0 saturated heterocycles. The molecule has 0 aliphatic heterocycles. The third-order valence-corrected chi connectivity index (χ3v) is 2.78. The average Bonchev–Trinajstić information content (AvgIpc) is 2.54. The molecule has 0 unspecified atom stereocenters. The summed E-state index contributed by atoms with van der Waals surface area (Å²) in [5.74, 6) is -0.260. The molecule has 0 fully saturated rings. The van der Waals surface area contributed by atoms with Gasteiger partial charge in [0.05, 0.1) is 24.5 Å². The lowest BCUT2D eigenvalue weighted by Gasteiger charge is -2.21. The Labute approximate surface area is 121 Å². The highest BCUT2D eigenvalue weighted by Gasteiger charge is 2.14. The number of hydrogen-bond acceptors (Lipinski definition) is 4. The van der Waals surface area contributed by atoms with E-state index in [0.717, 1.165) is 11.4 Å². The molecule has 0 N–H and O–H groups in total. The number of nitrogens with zero attached hydrogens (tertiary/aromatic N) is 6. The highest BCUT2D eigenvalue weighted by molar-refractivity contribution is 5.78. The lowest BCUT2D eigenvalue weighted by molar-refractivity contribution is -0.131. The quantitative estimate of drug-likeness (QED) is 0.462. The van der Waals surface area contributed by atoms with Crippen molar-refractivity contribution in [2.24, 2.45) is 5.11 Å². The van der Waals surface area contributed by atoms with E-state index in [1.54, 1.807) is 17.3 Å². The van der Waals surface area contributed by atoms with Crippen molar-refractivity contribution in [3.05, 3.63) is 70.6 Å². The first-order valence-electron chi connectivity index (χ1n) is 6.38. The summed E-state index contributed by atoms with van der Waals surface area (Å²) in [6.45, 7) is 0.477. The molecule has 2 aromatic rings. The number of rotatable bonds is 6. The van der Waals surface area contributed by atoms with Crippen LogP contribution in [0, 0.1) is 0 Å². The van der Waals surface area contributed by atoms with Gasteiger partial charge in [0, 0.05) is 17.3 Å². The third kappa shape index (κ3) is 4.59. The molecule has 7 heteroatoms. The number of carbonyl (C=O) groups is 1. The van der Waals surface area contributed by atoms with E-state index < -0.39 is 0 Å². The van der Waals surface area contributed by atoms with Crippen LogP contribution in [0.1, 0.15) is 11.4 Å². The van der Waals surface area contributed by atoms with Crippen LogP contribution >= 0.6 is 0 Å². The van der Waals surface area contributed by atoms with Gasteiger partial charge in [-0.1, -0.05) is 17.2 Å². The Morgan fingerprint density at radius 2 is 1.67 bits per heavy atom. The maximum absolute atomic E-state index is 12.1. The minimum Gasteiger partial charge on any atom is -0.331 e. The van der Waals surface area contributed by atoms with Gasteiger partial charge in [-0.3, -0.25) is 14.8 Å². The minimum absolute atomic E-state index is 0.212. The molecule has 0 saturated carbocycles. The number of aromatic nitrogens is 2. The number of pyridine rings is 2. The summed E-state index contributed by atoms with van der Waals surface area (Å²) in [5, 5.41) is 3.32. The molecule has 7 nitrogen and oxygen atoms in total. The predicted octanol–water partition coefficient (Wildman–Crippen LogP) is 2.32. The lowest BCUT2D eigenvalue weighted by Crippen LogP contribution is -2.32. The van der Waals surface area contributed by atoms with Crippen molar-refractivity contribution in [1.82, 2.24) is 14.9 Å². The topological polar surface area (TPSA) is 94.9 Å². The van der Waals surface area contributed by atoms with Crippen molar-refractivity contribution in [2.45, 2.75) is 13.1 Å². The zero-order valence-corrected chi connectivity index (χ0v) is 11.3. The van der Waals surface area contributed by atoms with Gasteiger partial charge in [0.25, 0.3) is 0 Å². The first-order chi connectivity index (χ1) is 10.3. The van der Waals surface area contributed by atoms with Crippen LogP contribution in [0.3, 0.4) is 0 Å². The average molecular weight is 282 g/mol. The van der Waals surface area contributed by atoms with Crippen LogP contribution in [0.2, 0.25) is 0 Å². The second kappa shape index (κ2) is 7.62. The van der Waals surface area contributed by atoms with Crippen molar-refractivity contribution in [3.63, 3.8) is 0 Å². The first kappa shape index (κ1) is 14.5. The fourth-order valence-electron chi connectivity index (χ4n) is 1.80. The van der Waals surface area contributed by atoms with E-state index in [9.17, 15) is 4.79 Å². The molecular weight excluding hydrogens is 268 g/mol. The number of hydrogen-bond donors (Lipinski definition) is 0.